The predicted octanol–water partition coefficient (Wildman–Crippen LogP) is 3.32. The van der Waals surface area contributed by atoms with Gasteiger partial charge in [-0.3, -0.25) is 9.48 Å². The highest BCUT2D eigenvalue weighted by Crippen LogP contribution is 2.29. The molecule has 1 fully saturated rings. The van der Waals surface area contributed by atoms with E-state index in [1.165, 1.54) is 16.9 Å². The number of piperidine rings is 1. The SMILES string of the molecule is Cc1nn(Cc2ccccc2)c2sc(C(=O)NC3CCCNC3C)cc12. The van der Waals surface area contributed by atoms with Gasteiger partial charge in [-0.15, -0.1) is 11.3 Å². The average Bonchev–Trinajstić information content (AvgIpc) is 3.20. The van der Waals surface area contributed by atoms with Crippen LogP contribution in [0.4, 0.5) is 0 Å². The topological polar surface area (TPSA) is 59.0 Å². The Morgan fingerprint density at radius 3 is 2.96 bits per heavy atom. The summed E-state index contributed by atoms with van der Waals surface area (Å²) in [5.74, 6) is 0.0254. The zero-order chi connectivity index (χ0) is 18.1. The number of rotatable bonds is 4. The number of nitrogens with one attached hydrogen (secondary N) is 2. The van der Waals surface area contributed by atoms with Crippen LogP contribution in [0, 0.1) is 6.92 Å². The highest BCUT2D eigenvalue weighted by molar-refractivity contribution is 7.20. The zero-order valence-corrected chi connectivity index (χ0v) is 16.0. The van der Waals surface area contributed by atoms with E-state index < -0.39 is 0 Å². The Balaban J connectivity index is 1.57. The van der Waals surface area contributed by atoms with Gasteiger partial charge in [-0.1, -0.05) is 30.3 Å². The van der Waals surface area contributed by atoms with Gasteiger partial charge < -0.3 is 10.6 Å². The first-order chi connectivity index (χ1) is 12.6. The molecular formula is C20H24N4OS. The van der Waals surface area contributed by atoms with E-state index >= 15 is 0 Å². The third kappa shape index (κ3) is 3.39. The van der Waals surface area contributed by atoms with E-state index in [1.807, 2.05) is 35.9 Å². The molecule has 2 aromatic heterocycles. The van der Waals surface area contributed by atoms with Gasteiger partial charge in [0.05, 0.1) is 17.1 Å². The second-order valence-electron chi connectivity index (χ2n) is 7.02. The van der Waals surface area contributed by atoms with Crippen LogP contribution in [0.3, 0.4) is 0 Å². The number of fused-ring (bicyclic) bond motifs is 1. The quantitative estimate of drug-likeness (QED) is 0.743. The molecule has 2 atom stereocenters. The van der Waals surface area contributed by atoms with Gasteiger partial charge in [-0.25, -0.2) is 0 Å². The van der Waals surface area contributed by atoms with Crippen molar-refractivity contribution in [2.45, 2.75) is 45.3 Å². The molecule has 136 valence electrons. The van der Waals surface area contributed by atoms with Crippen LogP contribution >= 0.6 is 11.3 Å². The van der Waals surface area contributed by atoms with Gasteiger partial charge in [0.1, 0.15) is 4.83 Å². The summed E-state index contributed by atoms with van der Waals surface area (Å²) in [5.41, 5.74) is 2.18. The van der Waals surface area contributed by atoms with Crippen LogP contribution in [0.1, 0.15) is 40.7 Å². The van der Waals surface area contributed by atoms with Crippen molar-refractivity contribution < 1.29 is 4.79 Å². The number of benzene rings is 1. The lowest BCUT2D eigenvalue weighted by atomic mass is 10.00. The number of hydrogen-bond donors (Lipinski definition) is 2. The average molecular weight is 369 g/mol. The molecule has 1 aliphatic rings. The number of carbonyl (C=O) groups excluding carboxylic acids is 1. The molecule has 3 heterocycles. The molecule has 26 heavy (non-hydrogen) atoms. The van der Waals surface area contributed by atoms with Crippen molar-refractivity contribution in [2.75, 3.05) is 6.54 Å². The van der Waals surface area contributed by atoms with Crippen LogP contribution in [-0.4, -0.2) is 34.3 Å². The van der Waals surface area contributed by atoms with Crippen molar-refractivity contribution in [2.24, 2.45) is 0 Å². The summed E-state index contributed by atoms with van der Waals surface area (Å²) >= 11 is 1.53. The van der Waals surface area contributed by atoms with Crippen molar-refractivity contribution in [3.8, 4) is 0 Å². The highest BCUT2D eigenvalue weighted by atomic mass is 32.1. The molecule has 4 rings (SSSR count). The lowest BCUT2D eigenvalue weighted by Crippen LogP contribution is -2.51. The molecule has 1 aliphatic heterocycles. The molecule has 2 N–H and O–H groups in total. The highest BCUT2D eigenvalue weighted by Gasteiger charge is 2.24. The van der Waals surface area contributed by atoms with Gasteiger partial charge in [0.25, 0.3) is 5.91 Å². The van der Waals surface area contributed by atoms with Gasteiger partial charge >= 0.3 is 0 Å². The third-order valence-electron chi connectivity index (χ3n) is 5.08. The first kappa shape index (κ1) is 17.2. The van der Waals surface area contributed by atoms with Gasteiger partial charge in [0, 0.05) is 17.5 Å². The number of hydrogen-bond acceptors (Lipinski definition) is 4. The number of aryl methyl sites for hydroxylation is 1. The van der Waals surface area contributed by atoms with Gasteiger partial charge in [-0.2, -0.15) is 5.10 Å². The Morgan fingerprint density at radius 2 is 2.19 bits per heavy atom. The van der Waals surface area contributed by atoms with Crippen molar-refractivity contribution >= 4 is 27.5 Å². The number of nitrogens with zero attached hydrogens (tertiary/aromatic N) is 2. The lowest BCUT2D eigenvalue weighted by Gasteiger charge is -2.30. The van der Waals surface area contributed by atoms with Crippen LogP contribution in [0.2, 0.25) is 0 Å². The summed E-state index contributed by atoms with van der Waals surface area (Å²) < 4.78 is 2.01. The van der Waals surface area contributed by atoms with Crippen LogP contribution in [-0.2, 0) is 6.54 Å². The van der Waals surface area contributed by atoms with E-state index in [0.717, 1.165) is 46.7 Å². The molecule has 0 bridgehead atoms. The van der Waals surface area contributed by atoms with Crippen LogP contribution in [0.25, 0.3) is 10.2 Å². The first-order valence-corrected chi connectivity index (χ1v) is 9.98. The number of amides is 1. The summed E-state index contributed by atoms with van der Waals surface area (Å²) in [4.78, 5) is 14.6. The molecule has 3 aromatic rings. The molecule has 1 amide bonds. The Labute approximate surface area is 157 Å². The second kappa shape index (κ2) is 7.21. The molecule has 2 unspecified atom stereocenters. The van der Waals surface area contributed by atoms with Gasteiger partial charge in [0.2, 0.25) is 0 Å². The van der Waals surface area contributed by atoms with E-state index in [4.69, 9.17) is 0 Å². The Bertz CT molecular complexity index is 915. The molecule has 0 spiro atoms. The molecule has 5 nitrogen and oxygen atoms in total. The zero-order valence-electron chi connectivity index (χ0n) is 15.2. The van der Waals surface area contributed by atoms with Crippen molar-refractivity contribution in [1.82, 2.24) is 20.4 Å². The molecule has 1 aromatic carbocycles. The molecule has 6 heteroatoms. The normalized spacial score (nSPS) is 20.4. The van der Waals surface area contributed by atoms with E-state index in [-0.39, 0.29) is 11.9 Å². The molecule has 0 radical (unpaired) electrons. The maximum atomic E-state index is 12.7. The second-order valence-corrected chi connectivity index (χ2v) is 8.05. The van der Waals surface area contributed by atoms with E-state index in [9.17, 15) is 4.79 Å². The Kier molecular flexibility index (Phi) is 4.78. The largest absolute Gasteiger partial charge is 0.347 e. The van der Waals surface area contributed by atoms with Gasteiger partial charge in [-0.05, 0) is 44.9 Å². The smallest absolute Gasteiger partial charge is 0.261 e. The Morgan fingerprint density at radius 1 is 1.38 bits per heavy atom. The van der Waals surface area contributed by atoms with Crippen LogP contribution in [0.15, 0.2) is 36.4 Å². The maximum Gasteiger partial charge on any atom is 0.261 e. The van der Waals surface area contributed by atoms with Crippen molar-refractivity contribution in [1.29, 1.82) is 0 Å². The molecule has 0 saturated carbocycles. The third-order valence-corrected chi connectivity index (χ3v) is 6.23. The molecule has 1 saturated heterocycles. The Hall–Kier alpha value is -2.18. The fourth-order valence-corrected chi connectivity index (χ4v) is 4.63. The monoisotopic (exact) mass is 368 g/mol. The summed E-state index contributed by atoms with van der Waals surface area (Å²) in [5, 5.41) is 12.4. The molecule has 0 aliphatic carbocycles. The van der Waals surface area contributed by atoms with Crippen molar-refractivity contribution in [3.05, 3.63) is 52.5 Å². The minimum Gasteiger partial charge on any atom is -0.347 e. The van der Waals surface area contributed by atoms with Crippen LogP contribution in [0.5, 0.6) is 0 Å². The number of aromatic nitrogens is 2. The van der Waals surface area contributed by atoms with Crippen LogP contribution < -0.4 is 10.6 Å². The molecular weight excluding hydrogens is 344 g/mol. The van der Waals surface area contributed by atoms with E-state index in [1.54, 1.807) is 0 Å². The maximum absolute atomic E-state index is 12.7. The van der Waals surface area contributed by atoms with Gasteiger partial charge in [0.15, 0.2) is 0 Å². The predicted molar refractivity (Wildman–Crippen MR) is 106 cm³/mol. The minimum absolute atomic E-state index is 0.0254. The summed E-state index contributed by atoms with van der Waals surface area (Å²) in [6.45, 7) is 5.89. The fourth-order valence-electron chi connectivity index (χ4n) is 3.57. The van der Waals surface area contributed by atoms with Crippen molar-refractivity contribution in [3.63, 3.8) is 0 Å². The van der Waals surface area contributed by atoms with E-state index in [2.05, 4.69) is 34.8 Å². The standard InChI is InChI=1S/C20H24N4OS/c1-13-16-11-18(19(25)22-17-9-6-10-21-14(17)2)26-20(16)24(23-13)12-15-7-4-3-5-8-15/h3-5,7-8,11,14,17,21H,6,9-10,12H2,1-2H3,(H,22,25). The summed E-state index contributed by atoms with van der Waals surface area (Å²) in [7, 11) is 0. The lowest BCUT2D eigenvalue weighted by molar-refractivity contribution is 0.0924. The van der Waals surface area contributed by atoms with E-state index in [0.29, 0.717) is 6.04 Å². The minimum atomic E-state index is 0.0254. The fraction of sp³-hybridized carbons (Fsp3) is 0.400. The number of thiophene rings is 1. The summed E-state index contributed by atoms with van der Waals surface area (Å²) in [6, 6.07) is 12.8. The number of carbonyl (C=O) groups is 1. The summed E-state index contributed by atoms with van der Waals surface area (Å²) in [6.07, 6.45) is 2.14. The first-order valence-electron chi connectivity index (χ1n) is 9.17.